The maximum Gasteiger partial charge on any atom is 0.255 e. The minimum absolute atomic E-state index is 0.0327. The molecular weight excluding hydrogens is 396 g/mol. The summed E-state index contributed by atoms with van der Waals surface area (Å²) in [7, 11) is 2.06. The lowest BCUT2D eigenvalue weighted by molar-refractivity contribution is 0.0702. The second-order valence-electron chi connectivity index (χ2n) is 8.07. The first-order valence-corrected chi connectivity index (χ1v) is 10.7. The number of fused-ring (bicyclic) bond motifs is 2. The summed E-state index contributed by atoms with van der Waals surface area (Å²) in [4.78, 5) is 24.9. The molecule has 0 saturated carbocycles. The molecule has 152 valence electrons. The van der Waals surface area contributed by atoms with Crippen molar-refractivity contribution in [2.45, 2.75) is 25.7 Å². The molecule has 1 aliphatic heterocycles. The Balaban J connectivity index is 1.46. The van der Waals surface area contributed by atoms with E-state index >= 15 is 0 Å². The van der Waals surface area contributed by atoms with Crippen molar-refractivity contribution in [2.75, 3.05) is 13.1 Å². The van der Waals surface area contributed by atoms with Crippen LogP contribution in [0.15, 0.2) is 48.5 Å². The lowest BCUT2D eigenvalue weighted by Crippen LogP contribution is -2.40. The predicted octanol–water partition coefficient (Wildman–Crippen LogP) is 5.10. The number of nitrogens with zero attached hydrogens (tertiary/aromatic N) is 4. The van der Waals surface area contributed by atoms with Crippen molar-refractivity contribution in [1.29, 1.82) is 0 Å². The first kappa shape index (κ1) is 19.1. The van der Waals surface area contributed by atoms with Crippen LogP contribution in [0.3, 0.4) is 0 Å². The Labute approximate surface area is 180 Å². The zero-order valence-electron chi connectivity index (χ0n) is 17.1. The molecule has 4 aromatic rings. The van der Waals surface area contributed by atoms with E-state index in [1.54, 1.807) is 0 Å². The summed E-state index contributed by atoms with van der Waals surface area (Å²) in [6, 6.07) is 15.7. The zero-order valence-corrected chi connectivity index (χ0v) is 17.9. The van der Waals surface area contributed by atoms with Gasteiger partial charge in [-0.15, -0.1) is 0 Å². The Morgan fingerprint density at radius 3 is 2.77 bits per heavy atom. The first-order chi connectivity index (χ1) is 14.5. The van der Waals surface area contributed by atoms with Crippen molar-refractivity contribution in [3.05, 3.63) is 70.6 Å². The van der Waals surface area contributed by atoms with Crippen molar-refractivity contribution in [3.8, 4) is 0 Å². The minimum atomic E-state index is 0.0327. The van der Waals surface area contributed by atoms with Crippen LogP contribution in [0.2, 0.25) is 5.02 Å². The topological polar surface area (TPSA) is 51.0 Å². The van der Waals surface area contributed by atoms with Crippen molar-refractivity contribution in [3.63, 3.8) is 0 Å². The number of rotatable bonds is 2. The van der Waals surface area contributed by atoms with Gasteiger partial charge in [-0.05, 0) is 56.2 Å². The molecule has 0 aliphatic carbocycles. The molecule has 1 saturated heterocycles. The van der Waals surface area contributed by atoms with Gasteiger partial charge in [0, 0.05) is 36.5 Å². The molecule has 5 nitrogen and oxygen atoms in total. The summed E-state index contributed by atoms with van der Waals surface area (Å²) in [6.45, 7) is 3.32. The second-order valence-corrected chi connectivity index (χ2v) is 8.50. The molecular formula is C24H23ClN4O. The molecule has 1 fully saturated rings. The quantitative estimate of drug-likeness (QED) is 0.455. The fraction of sp³-hybridized carbons (Fsp3) is 0.292. The molecule has 0 radical (unpaired) electrons. The number of aromatic nitrogens is 3. The summed E-state index contributed by atoms with van der Waals surface area (Å²) in [5.74, 6) is 1.31. The van der Waals surface area contributed by atoms with Crippen LogP contribution in [0, 0.1) is 6.92 Å². The summed E-state index contributed by atoms with van der Waals surface area (Å²) < 4.78 is 2.17. The molecule has 2 aromatic carbocycles. The number of hydrogen-bond donors (Lipinski definition) is 0. The number of amides is 1. The van der Waals surface area contributed by atoms with E-state index in [2.05, 4.69) is 22.7 Å². The van der Waals surface area contributed by atoms with Crippen molar-refractivity contribution in [1.82, 2.24) is 19.4 Å². The number of piperidine rings is 1. The van der Waals surface area contributed by atoms with E-state index < -0.39 is 0 Å². The van der Waals surface area contributed by atoms with Crippen LogP contribution in [0.1, 0.15) is 40.6 Å². The van der Waals surface area contributed by atoms with Crippen LogP contribution in [-0.4, -0.2) is 38.4 Å². The van der Waals surface area contributed by atoms with E-state index in [4.69, 9.17) is 16.6 Å². The van der Waals surface area contributed by atoms with E-state index in [1.807, 2.05) is 54.3 Å². The molecule has 1 atom stereocenters. The van der Waals surface area contributed by atoms with E-state index in [0.29, 0.717) is 17.1 Å². The highest BCUT2D eigenvalue weighted by atomic mass is 35.5. The van der Waals surface area contributed by atoms with E-state index in [1.165, 1.54) is 0 Å². The molecule has 1 aliphatic rings. The SMILES string of the molecule is Cc1nc2ccc(Cl)cc2cc1C(=O)N1CCCC(c2nc3ccccc3n2C)C1. The normalized spacial score (nSPS) is 17.0. The van der Waals surface area contributed by atoms with Crippen LogP contribution >= 0.6 is 11.6 Å². The fourth-order valence-electron chi connectivity index (χ4n) is 4.53. The Hall–Kier alpha value is -2.92. The van der Waals surface area contributed by atoms with Crippen molar-refractivity contribution >= 4 is 39.4 Å². The molecule has 0 spiro atoms. The maximum absolute atomic E-state index is 13.4. The molecule has 6 heteroatoms. The first-order valence-electron chi connectivity index (χ1n) is 10.3. The number of para-hydroxylation sites is 2. The maximum atomic E-state index is 13.4. The third-order valence-corrected chi connectivity index (χ3v) is 6.33. The van der Waals surface area contributed by atoms with Gasteiger partial charge < -0.3 is 9.47 Å². The van der Waals surface area contributed by atoms with Gasteiger partial charge >= 0.3 is 0 Å². The predicted molar refractivity (Wildman–Crippen MR) is 120 cm³/mol. The number of carbonyl (C=O) groups is 1. The number of benzene rings is 2. The Morgan fingerprint density at radius 1 is 1.10 bits per heavy atom. The monoisotopic (exact) mass is 418 g/mol. The standard InChI is InChI=1S/C24H23ClN4O/c1-15-19(13-17-12-18(25)9-10-20(17)26-15)24(30)29-11-5-6-16(14-29)23-27-21-7-3-4-8-22(21)28(23)2/h3-4,7-10,12-13,16H,5-6,11,14H2,1-2H3. The van der Waals surface area contributed by atoms with Gasteiger partial charge in [0.05, 0.1) is 27.8 Å². The van der Waals surface area contributed by atoms with Crippen LogP contribution in [0.25, 0.3) is 21.9 Å². The van der Waals surface area contributed by atoms with Crippen LogP contribution in [0.4, 0.5) is 0 Å². The molecule has 3 heterocycles. The number of carbonyl (C=O) groups excluding carboxylic acids is 1. The van der Waals surface area contributed by atoms with Gasteiger partial charge in [0.25, 0.3) is 5.91 Å². The molecule has 1 unspecified atom stereocenters. The van der Waals surface area contributed by atoms with E-state index in [9.17, 15) is 4.79 Å². The number of likely N-dealkylation sites (tertiary alicyclic amines) is 1. The second kappa shape index (κ2) is 7.40. The highest BCUT2D eigenvalue weighted by molar-refractivity contribution is 6.31. The Bertz CT molecular complexity index is 1280. The van der Waals surface area contributed by atoms with Gasteiger partial charge in [-0.2, -0.15) is 0 Å². The minimum Gasteiger partial charge on any atom is -0.338 e. The smallest absolute Gasteiger partial charge is 0.255 e. The zero-order chi connectivity index (χ0) is 20.8. The van der Waals surface area contributed by atoms with Gasteiger partial charge in [0.1, 0.15) is 5.82 Å². The highest BCUT2D eigenvalue weighted by Crippen LogP contribution is 2.30. The number of halogens is 1. The number of hydrogen-bond acceptors (Lipinski definition) is 3. The average Bonchev–Trinajstić information content (AvgIpc) is 3.10. The molecule has 5 rings (SSSR count). The highest BCUT2D eigenvalue weighted by Gasteiger charge is 2.29. The summed E-state index contributed by atoms with van der Waals surface area (Å²) in [5, 5.41) is 1.53. The third-order valence-electron chi connectivity index (χ3n) is 6.09. The number of imidazole rings is 1. The van der Waals surface area contributed by atoms with Crippen molar-refractivity contribution in [2.24, 2.45) is 7.05 Å². The lowest BCUT2D eigenvalue weighted by Gasteiger charge is -2.32. The van der Waals surface area contributed by atoms with Gasteiger partial charge in [-0.25, -0.2) is 4.98 Å². The summed E-state index contributed by atoms with van der Waals surface area (Å²) in [5.41, 5.74) is 4.38. The van der Waals surface area contributed by atoms with Crippen LogP contribution in [0.5, 0.6) is 0 Å². The van der Waals surface area contributed by atoms with Gasteiger partial charge in [0.2, 0.25) is 0 Å². The molecule has 0 bridgehead atoms. The molecule has 1 amide bonds. The number of pyridine rings is 1. The van der Waals surface area contributed by atoms with Gasteiger partial charge in [0.15, 0.2) is 0 Å². The molecule has 0 N–H and O–H groups in total. The van der Waals surface area contributed by atoms with E-state index in [-0.39, 0.29) is 11.8 Å². The average molecular weight is 419 g/mol. The lowest BCUT2D eigenvalue weighted by atomic mass is 9.96. The van der Waals surface area contributed by atoms with E-state index in [0.717, 1.165) is 52.8 Å². The third kappa shape index (κ3) is 3.23. The number of aryl methyl sites for hydroxylation is 2. The summed E-state index contributed by atoms with van der Waals surface area (Å²) in [6.07, 6.45) is 2.00. The Morgan fingerprint density at radius 2 is 1.93 bits per heavy atom. The van der Waals surface area contributed by atoms with Gasteiger partial charge in [-0.3, -0.25) is 9.78 Å². The largest absolute Gasteiger partial charge is 0.338 e. The summed E-state index contributed by atoms with van der Waals surface area (Å²) >= 11 is 6.14. The Kier molecular flexibility index (Phi) is 4.70. The van der Waals surface area contributed by atoms with Crippen LogP contribution < -0.4 is 0 Å². The van der Waals surface area contributed by atoms with Crippen molar-refractivity contribution < 1.29 is 4.79 Å². The molecule has 2 aromatic heterocycles. The fourth-order valence-corrected chi connectivity index (χ4v) is 4.71. The molecule has 30 heavy (non-hydrogen) atoms. The van der Waals surface area contributed by atoms with Gasteiger partial charge in [-0.1, -0.05) is 23.7 Å². The van der Waals surface area contributed by atoms with Crippen LogP contribution in [-0.2, 0) is 7.05 Å².